The van der Waals surface area contributed by atoms with Crippen LogP contribution in [0.3, 0.4) is 0 Å². The van der Waals surface area contributed by atoms with Crippen molar-refractivity contribution in [2.75, 3.05) is 20.1 Å². The standard InChI is InChI=1S/C15H30N2O2/c1-4-5-11-17(13-8-9-13)12-7-6-10-15(2,16-3)14(18)19/h13,16H,4-12H2,1-3H3,(H,18,19). The van der Waals surface area contributed by atoms with Crippen molar-refractivity contribution in [3.8, 4) is 0 Å². The van der Waals surface area contributed by atoms with E-state index in [2.05, 4.69) is 17.1 Å². The molecule has 1 saturated carbocycles. The van der Waals surface area contributed by atoms with E-state index in [-0.39, 0.29) is 0 Å². The van der Waals surface area contributed by atoms with Gasteiger partial charge in [0.25, 0.3) is 0 Å². The first-order valence-corrected chi connectivity index (χ1v) is 7.70. The highest BCUT2D eigenvalue weighted by Crippen LogP contribution is 2.27. The lowest BCUT2D eigenvalue weighted by molar-refractivity contribution is -0.144. The van der Waals surface area contributed by atoms with Gasteiger partial charge in [-0.05, 0) is 65.6 Å². The molecule has 112 valence electrons. The van der Waals surface area contributed by atoms with Crippen LogP contribution in [0.15, 0.2) is 0 Å². The summed E-state index contributed by atoms with van der Waals surface area (Å²) in [6.07, 6.45) is 8.01. The number of carboxylic acid groups (broad SMARTS) is 1. The number of rotatable bonds is 11. The van der Waals surface area contributed by atoms with E-state index in [0.717, 1.165) is 25.4 Å². The third-order valence-corrected chi connectivity index (χ3v) is 4.26. The van der Waals surface area contributed by atoms with Crippen LogP contribution in [0, 0.1) is 0 Å². The Balaban J connectivity index is 2.22. The molecule has 1 unspecified atom stereocenters. The summed E-state index contributed by atoms with van der Waals surface area (Å²) in [7, 11) is 1.73. The molecule has 0 aromatic heterocycles. The summed E-state index contributed by atoms with van der Waals surface area (Å²) in [6.45, 7) is 6.34. The van der Waals surface area contributed by atoms with Crippen molar-refractivity contribution in [3.05, 3.63) is 0 Å². The zero-order chi connectivity index (χ0) is 14.3. The monoisotopic (exact) mass is 270 g/mol. The Bertz CT molecular complexity index is 279. The molecule has 1 aliphatic rings. The van der Waals surface area contributed by atoms with E-state index >= 15 is 0 Å². The lowest BCUT2D eigenvalue weighted by Gasteiger charge is -2.25. The van der Waals surface area contributed by atoms with Gasteiger partial charge in [-0.25, -0.2) is 0 Å². The molecule has 0 aliphatic heterocycles. The summed E-state index contributed by atoms with van der Waals surface area (Å²) in [5, 5.41) is 12.1. The summed E-state index contributed by atoms with van der Waals surface area (Å²) < 4.78 is 0. The van der Waals surface area contributed by atoms with Crippen LogP contribution >= 0.6 is 0 Å². The number of unbranched alkanes of at least 4 members (excludes halogenated alkanes) is 2. The molecule has 0 aromatic carbocycles. The van der Waals surface area contributed by atoms with E-state index in [4.69, 9.17) is 0 Å². The molecule has 4 heteroatoms. The fourth-order valence-corrected chi connectivity index (χ4v) is 2.41. The summed E-state index contributed by atoms with van der Waals surface area (Å²) in [6, 6.07) is 0.821. The Morgan fingerprint density at radius 2 is 1.95 bits per heavy atom. The van der Waals surface area contributed by atoms with Crippen LogP contribution in [-0.4, -0.2) is 47.7 Å². The van der Waals surface area contributed by atoms with Gasteiger partial charge < -0.3 is 15.3 Å². The van der Waals surface area contributed by atoms with E-state index in [0.29, 0.717) is 6.42 Å². The van der Waals surface area contributed by atoms with Gasteiger partial charge in [-0.3, -0.25) is 4.79 Å². The van der Waals surface area contributed by atoms with E-state index in [9.17, 15) is 9.90 Å². The number of likely N-dealkylation sites (N-methyl/N-ethyl adjacent to an activating group) is 1. The molecular weight excluding hydrogens is 240 g/mol. The molecule has 0 amide bonds. The number of carboxylic acids is 1. The lowest BCUT2D eigenvalue weighted by atomic mass is 9.95. The van der Waals surface area contributed by atoms with E-state index in [1.807, 2.05) is 0 Å². The van der Waals surface area contributed by atoms with Crippen molar-refractivity contribution in [1.29, 1.82) is 0 Å². The highest BCUT2D eigenvalue weighted by molar-refractivity contribution is 5.78. The average molecular weight is 270 g/mol. The first-order valence-electron chi connectivity index (χ1n) is 7.70. The van der Waals surface area contributed by atoms with Gasteiger partial charge in [-0.2, -0.15) is 0 Å². The van der Waals surface area contributed by atoms with Gasteiger partial charge in [0.1, 0.15) is 5.54 Å². The van der Waals surface area contributed by atoms with Crippen LogP contribution in [0.5, 0.6) is 0 Å². The molecule has 0 saturated heterocycles. The van der Waals surface area contributed by atoms with Crippen molar-refractivity contribution in [2.24, 2.45) is 0 Å². The SMILES string of the molecule is CCCCN(CCCCC(C)(NC)C(=O)O)C1CC1. The maximum absolute atomic E-state index is 11.2. The normalized spacial score (nSPS) is 18.5. The molecule has 4 nitrogen and oxygen atoms in total. The molecule has 1 fully saturated rings. The summed E-state index contributed by atoms with van der Waals surface area (Å²) >= 11 is 0. The van der Waals surface area contributed by atoms with Crippen LogP contribution in [0.1, 0.15) is 58.8 Å². The van der Waals surface area contributed by atoms with Crippen LogP contribution in [-0.2, 0) is 4.79 Å². The average Bonchev–Trinajstić information content (AvgIpc) is 3.21. The molecule has 1 rings (SSSR count). The number of nitrogens with one attached hydrogen (secondary N) is 1. The molecule has 0 bridgehead atoms. The van der Waals surface area contributed by atoms with Crippen LogP contribution in [0.2, 0.25) is 0 Å². The van der Waals surface area contributed by atoms with Gasteiger partial charge >= 0.3 is 5.97 Å². The van der Waals surface area contributed by atoms with Crippen LogP contribution in [0.25, 0.3) is 0 Å². The van der Waals surface area contributed by atoms with Gasteiger partial charge in [0, 0.05) is 6.04 Å². The van der Waals surface area contributed by atoms with Crippen molar-refractivity contribution < 1.29 is 9.90 Å². The van der Waals surface area contributed by atoms with Gasteiger partial charge in [-0.1, -0.05) is 13.3 Å². The fraction of sp³-hybridized carbons (Fsp3) is 0.933. The van der Waals surface area contributed by atoms with Crippen molar-refractivity contribution in [1.82, 2.24) is 10.2 Å². The van der Waals surface area contributed by atoms with E-state index in [1.54, 1.807) is 14.0 Å². The summed E-state index contributed by atoms with van der Waals surface area (Å²) in [4.78, 5) is 13.8. The third-order valence-electron chi connectivity index (χ3n) is 4.26. The second-order valence-electron chi connectivity index (χ2n) is 5.97. The Morgan fingerprint density at radius 1 is 1.32 bits per heavy atom. The van der Waals surface area contributed by atoms with Gasteiger partial charge in [0.2, 0.25) is 0 Å². The summed E-state index contributed by atoms with van der Waals surface area (Å²) in [5.41, 5.74) is -0.770. The Morgan fingerprint density at radius 3 is 2.42 bits per heavy atom. The topological polar surface area (TPSA) is 52.6 Å². The minimum absolute atomic E-state index is 0.700. The molecule has 0 heterocycles. The maximum atomic E-state index is 11.2. The van der Waals surface area contributed by atoms with E-state index in [1.165, 1.54) is 32.2 Å². The Labute approximate surface area is 117 Å². The predicted octanol–water partition coefficient (Wildman–Crippen LogP) is 2.48. The molecule has 1 atom stereocenters. The summed E-state index contributed by atoms with van der Waals surface area (Å²) in [5.74, 6) is -0.750. The quantitative estimate of drug-likeness (QED) is 0.566. The van der Waals surface area contributed by atoms with Gasteiger partial charge in [-0.15, -0.1) is 0 Å². The fourth-order valence-electron chi connectivity index (χ4n) is 2.41. The number of nitrogens with zero attached hydrogens (tertiary/aromatic N) is 1. The van der Waals surface area contributed by atoms with E-state index < -0.39 is 11.5 Å². The zero-order valence-corrected chi connectivity index (χ0v) is 12.7. The predicted molar refractivity (Wildman–Crippen MR) is 78.5 cm³/mol. The highest BCUT2D eigenvalue weighted by Gasteiger charge is 2.31. The molecular formula is C15H30N2O2. The molecule has 19 heavy (non-hydrogen) atoms. The highest BCUT2D eigenvalue weighted by atomic mass is 16.4. The Hall–Kier alpha value is -0.610. The van der Waals surface area contributed by atoms with Crippen molar-refractivity contribution in [3.63, 3.8) is 0 Å². The van der Waals surface area contributed by atoms with Crippen LogP contribution < -0.4 is 5.32 Å². The Kier molecular flexibility index (Phi) is 6.80. The lowest BCUT2D eigenvalue weighted by Crippen LogP contribution is -2.47. The zero-order valence-electron chi connectivity index (χ0n) is 12.7. The van der Waals surface area contributed by atoms with Gasteiger partial charge in [0.15, 0.2) is 0 Å². The molecule has 0 radical (unpaired) electrons. The third kappa shape index (κ3) is 5.49. The second-order valence-corrected chi connectivity index (χ2v) is 5.97. The second kappa shape index (κ2) is 7.85. The van der Waals surface area contributed by atoms with Crippen LogP contribution in [0.4, 0.5) is 0 Å². The van der Waals surface area contributed by atoms with Gasteiger partial charge in [0.05, 0.1) is 0 Å². The molecule has 2 N–H and O–H groups in total. The molecule has 1 aliphatic carbocycles. The first-order chi connectivity index (χ1) is 9.03. The maximum Gasteiger partial charge on any atom is 0.323 e. The number of hydrogen-bond acceptors (Lipinski definition) is 3. The van der Waals surface area contributed by atoms with Crippen molar-refractivity contribution >= 4 is 5.97 Å². The number of carbonyl (C=O) groups is 1. The minimum Gasteiger partial charge on any atom is -0.480 e. The number of aliphatic carboxylic acids is 1. The van der Waals surface area contributed by atoms with Crippen molar-refractivity contribution in [2.45, 2.75) is 70.4 Å². The largest absolute Gasteiger partial charge is 0.480 e. The first kappa shape index (κ1) is 16.4. The number of hydrogen-bond donors (Lipinski definition) is 2. The molecule has 0 spiro atoms. The molecule has 0 aromatic rings. The minimum atomic E-state index is -0.770. The smallest absolute Gasteiger partial charge is 0.323 e.